The van der Waals surface area contributed by atoms with Crippen LogP contribution in [0.25, 0.3) is 0 Å². The molecule has 0 aromatic heterocycles. The van der Waals surface area contributed by atoms with E-state index in [1.165, 1.54) is 25.7 Å². The van der Waals surface area contributed by atoms with Crippen molar-refractivity contribution in [1.29, 1.82) is 0 Å². The normalized spacial score (nSPS) is 24.4. The van der Waals surface area contributed by atoms with E-state index in [1.54, 1.807) is 0 Å². The second kappa shape index (κ2) is 6.66. The third-order valence-electron chi connectivity index (χ3n) is 3.51. The van der Waals surface area contributed by atoms with Crippen LogP contribution in [0.2, 0.25) is 0 Å². The van der Waals surface area contributed by atoms with Gasteiger partial charge >= 0.3 is 0 Å². The van der Waals surface area contributed by atoms with Gasteiger partial charge in [-0.3, -0.25) is 0 Å². The second-order valence-electron chi connectivity index (χ2n) is 5.14. The molecule has 3 nitrogen and oxygen atoms in total. The lowest BCUT2D eigenvalue weighted by Gasteiger charge is -2.26. The molecule has 0 saturated heterocycles. The Bertz CT molecular complexity index is 479. The van der Waals surface area contributed by atoms with Gasteiger partial charge in [-0.05, 0) is 37.0 Å². The van der Waals surface area contributed by atoms with Gasteiger partial charge in [0.15, 0.2) is 5.84 Å². The molecule has 1 fully saturated rings. The van der Waals surface area contributed by atoms with Crippen molar-refractivity contribution in [3.63, 3.8) is 0 Å². The van der Waals surface area contributed by atoms with E-state index in [2.05, 4.69) is 28.0 Å². The number of hydrogen-bond acceptors (Lipinski definition) is 3. The number of nitrogens with zero attached hydrogens (tertiary/aromatic N) is 1. The standard InChI is InChI=1S/C14H19BrN2OS/c1-9-3-2-4-11(7-9)19-13-6-5-10(15)8-12(13)14(16)17-18/h5-6,8-9,11,18H,2-4,7H2,1H3,(H2,16,17). The van der Waals surface area contributed by atoms with E-state index < -0.39 is 0 Å². The summed E-state index contributed by atoms with van der Waals surface area (Å²) in [5.74, 6) is 0.974. The SMILES string of the molecule is CC1CCCC(Sc2ccc(Br)cc2/C(N)=N/O)C1. The van der Waals surface area contributed by atoms with Crippen molar-refractivity contribution in [2.45, 2.75) is 42.8 Å². The van der Waals surface area contributed by atoms with E-state index in [4.69, 9.17) is 10.9 Å². The van der Waals surface area contributed by atoms with Crippen LogP contribution in [0.5, 0.6) is 0 Å². The van der Waals surface area contributed by atoms with E-state index in [0.29, 0.717) is 5.25 Å². The predicted octanol–water partition coefficient (Wildman–Crippen LogP) is 4.21. The molecule has 1 aromatic carbocycles. The summed E-state index contributed by atoms with van der Waals surface area (Å²) in [5.41, 5.74) is 6.57. The van der Waals surface area contributed by atoms with Gasteiger partial charge in [-0.25, -0.2) is 0 Å². The first-order valence-corrected chi connectivity index (χ1v) is 8.21. The Hall–Kier alpha value is -0.680. The van der Waals surface area contributed by atoms with Crippen LogP contribution in [0.15, 0.2) is 32.7 Å². The van der Waals surface area contributed by atoms with E-state index in [9.17, 15) is 0 Å². The first-order chi connectivity index (χ1) is 9.10. The highest BCUT2D eigenvalue weighted by Gasteiger charge is 2.21. The van der Waals surface area contributed by atoms with Crippen molar-refractivity contribution in [2.24, 2.45) is 16.8 Å². The van der Waals surface area contributed by atoms with Crippen molar-refractivity contribution in [1.82, 2.24) is 0 Å². The molecule has 19 heavy (non-hydrogen) atoms. The lowest BCUT2D eigenvalue weighted by atomic mass is 9.91. The van der Waals surface area contributed by atoms with Crippen LogP contribution in [-0.2, 0) is 0 Å². The number of nitrogens with two attached hydrogens (primary N) is 1. The molecule has 1 aliphatic rings. The molecular weight excluding hydrogens is 324 g/mol. The Morgan fingerprint density at radius 1 is 1.47 bits per heavy atom. The molecule has 0 heterocycles. The summed E-state index contributed by atoms with van der Waals surface area (Å²) in [7, 11) is 0. The average Bonchev–Trinajstić information content (AvgIpc) is 2.40. The minimum atomic E-state index is 0.174. The van der Waals surface area contributed by atoms with E-state index >= 15 is 0 Å². The number of rotatable bonds is 3. The first-order valence-electron chi connectivity index (χ1n) is 6.54. The van der Waals surface area contributed by atoms with Gasteiger partial charge in [-0.15, -0.1) is 11.8 Å². The highest BCUT2D eigenvalue weighted by atomic mass is 79.9. The molecule has 2 unspecified atom stereocenters. The lowest BCUT2D eigenvalue weighted by Crippen LogP contribution is -2.17. The number of halogens is 1. The summed E-state index contributed by atoms with van der Waals surface area (Å²) in [6.45, 7) is 2.32. The van der Waals surface area contributed by atoms with E-state index in [1.807, 2.05) is 30.0 Å². The molecule has 0 amide bonds. The maximum atomic E-state index is 8.89. The molecule has 0 aliphatic heterocycles. The number of amidine groups is 1. The molecule has 0 bridgehead atoms. The van der Waals surface area contributed by atoms with Crippen LogP contribution in [0.1, 0.15) is 38.2 Å². The van der Waals surface area contributed by atoms with E-state index in [-0.39, 0.29) is 5.84 Å². The van der Waals surface area contributed by atoms with Crippen LogP contribution in [0, 0.1) is 5.92 Å². The molecule has 104 valence electrons. The smallest absolute Gasteiger partial charge is 0.171 e. The fourth-order valence-electron chi connectivity index (χ4n) is 2.52. The van der Waals surface area contributed by atoms with Gasteiger partial charge in [-0.2, -0.15) is 0 Å². The van der Waals surface area contributed by atoms with Gasteiger partial charge < -0.3 is 10.9 Å². The predicted molar refractivity (Wildman–Crippen MR) is 83.9 cm³/mol. The second-order valence-corrected chi connectivity index (χ2v) is 7.40. The number of oxime groups is 1. The summed E-state index contributed by atoms with van der Waals surface area (Å²) in [4.78, 5) is 1.10. The van der Waals surface area contributed by atoms with Gasteiger partial charge in [0.05, 0.1) is 0 Å². The van der Waals surface area contributed by atoms with Crippen LogP contribution < -0.4 is 5.73 Å². The van der Waals surface area contributed by atoms with Crippen LogP contribution in [-0.4, -0.2) is 16.3 Å². The summed E-state index contributed by atoms with van der Waals surface area (Å²) in [6, 6.07) is 5.95. The Labute approximate surface area is 126 Å². The monoisotopic (exact) mass is 342 g/mol. The molecular formula is C14H19BrN2OS. The molecule has 0 spiro atoms. The molecule has 3 N–H and O–H groups in total. The van der Waals surface area contributed by atoms with Crippen LogP contribution in [0.4, 0.5) is 0 Å². The van der Waals surface area contributed by atoms with Crippen LogP contribution in [0.3, 0.4) is 0 Å². The number of thioether (sulfide) groups is 1. The minimum absolute atomic E-state index is 0.174. The zero-order chi connectivity index (χ0) is 13.8. The van der Waals surface area contributed by atoms with Crippen molar-refractivity contribution < 1.29 is 5.21 Å². The highest BCUT2D eigenvalue weighted by Crippen LogP contribution is 2.38. The van der Waals surface area contributed by atoms with Crippen molar-refractivity contribution in [2.75, 3.05) is 0 Å². The zero-order valence-corrected chi connectivity index (χ0v) is 13.4. The first kappa shape index (κ1) is 14.7. The van der Waals surface area contributed by atoms with Gasteiger partial charge in [0.25, 0.3) is 0 Å². The summed E-state index contributed by atoms with van der Waals surface area (Å²) in [6.07, 6.45) is 5.13. The van der Waals surface area contributed by atoms with Gasteiger partial charge in [0.2, 0.25) is 0 Å². The molecule has 0 radical (unpaired) electrons. The highest BCUT2D eigenvalue weighted by molar-refractivity contribution is 9.10. The molecule has 1 saturated carbocycles. The van der Waals surface area contributed by atoms with Gasteiger partial charge in [-0.1, -0.05) is 40.9 Å². The minimum Gasteiger partial charge on any atom is -0.409 e. The number of benzene rings is 1. The Morgan fingerprint density at radius 3 is 2.95 bits per heavy atom. The maximum Gasteiger partial charge on any atom is 0.171 e. The summed E-state index contributed by atoms with van der Waals surface area (Å²) in [5, 5.41) is 12.7. The Balaban J connectivity index is 2.19. The third kappa shape index (κ3) is 3.89. The molecule has 1 aromatic rings. The largest absolute Gasteiger partial charge is 0.409 e. The fraction of sp³-hybridized carbons (Fsp3) is 0.500. The topological polar surface area (TPSA) is 58.6 Å². The van der Waals surface area contributed by atoms with Gasteiger partial charge in [0, 0.05) is 20.2 Å². The van der Waals surface area contributed by atoms with Crippen molar-refractivity contribution >= 4 is 33.5 Å². The average molecular weight is 343 g/mol. The van der Waals surface area contributed by atoms with Gasteiger partial charge in [0.1, 0.15) is 0 Å². The third-order valence-corrected chi connectivity index (χ3v) is 5.37. The molecule has 2 atom stereocenters. The molecule has 5 heteroatoms. The lowest BCUT2D eigenvalue weighted by molar-refractivity contribution is 0.318. The van der Waals surface area contributed by atoms with Crippen molar-refractivity contribution in [3.05, 3.63) is 28.2 Å². The molecule has 1 aliphatic carbocycles. The Morgan fingerprint density at radius 2 is 2.26 bits per heavy atom. The zero-order valence-electron chi connectivity index (χ0n) is 11.0. The van der Waals surface area contributed by atoms with Crippen LogP contribution >= 0.6 is 27.7 Å². The molecule has 2 rings (SSSR count). The number of hydrogen-bond donors (Lipinski definition) is 2. The quantitative estimate of drug-likeness (QED) is 0.374. The maximum absolute atomic E-state index is 8.89. The Kier molecular flexibility index (Phi) is 5.16. The fourth-order valence-corrected chi connectivity index (χ4v) is 4.39. The summed E-state index contributed by atoms with van der Waals surface area (Å²) < 4.78 is 0.940. The summed E-state index contributed by atoms with van der Waals surface area (Å²) >= 11 is 5.28. The van der Waals surface area contributed by atoms with Crippen molar-refractivity contribution in [3.8, 4) is 0 Å². The van der Waals surface area contributed by atoms with E-state index in [0.717, 1.165) is 20.8 Å².